The molecule has 122 valence electrons. The molecule has 0 aromatic carbocycles. The molecular weight excluding hydrogens is 306 g/mol. The second-order valence-electron chi connectivity index (χ2n) is 6.42. The van der Waals surface area contributed by atoms with Gasteiger partial charge >= 0.3 is 0 Å². The van der Waals surface area contributed by atoms with Gasteiger partial charge in [-0.15, -0.1) is 0 Å². The molecule has 0 radical (unpaired) electrons. The van der Waals surface area contributed by atoms with Crippen molar-refractivity contribution in [3.63, 3.8) is 0 Å². The molecule has 3 heterocycles. The molecule has 22 heavy (non-hydrogen) atoms. The number of hydrogen-bond acceptors (Lipinski definition) is 6. The van der Waals surface area contributed by atoms with E-state index in [1.807, 2.05) is 19.0 Å². The molecule has 0 aliphatic carbocycles. The Bertz CT molecular complexity index is 710. The number of carbonyl (C=O) groups is 1. The van der Waals surface area contributed by atoms with Gasteiger partial charge in [-0.2, -0.15) is 0 Å². The number of fused-ring (bicyclic) bond motifs is 1. The minimum atomic E-state index is -3.15. The fourth-order valence-corrected chi connectivity index (χ4v) is 6.08. The number of likely N-dealkylation sites (tertiary alicyclic amines) is 1. The molecule has 2 saturated heterocycles. The van der Waals surface area contributed by atoms with Gasteiger partial charge in [0.05, 0.1) is 16.7 Å². The normalized spacial score (nSPS) is 30.0. The van der Waals surface area contributed by atoms with Gasteiger partial charge < -0.3 is 14.2 Å². The van der Waals surface area contributed by atoms with Crippen LogP contribution < -0.4 is 0 Å². The Morgan fingerprint density at radius 2 is 2.00 bits per heavy atom. The van der Waals surface area contributed by atoms with Crippen LogP contribution in [0.15, 0.2) is 4.42 Å². The molecule has 7 nitrogen and oxygen atoms in total. The number of aryl methyl sites for hydroxylation is 2. The Hall–Kier alpha value is -1.41. The molecule has 0 bridgehead atoms. The zero-order valence-electron chi connectivity index (χ0n) is 13.2. The van der Waals surface area contributed by atoms with E-state index in [9.17, 15) is 13.2 Å². The summed E-state index contributed by atoms with van der Waals surface area (Å²) in [4.78, 5) is 20.2. The van der Waals surface area contributed by atoms with E-state index < -0.39 is 15.1 Å². The van der Waals surface area contributed by atoms with Gasteiger partial charge in [0.2, 0.25) is 5.76 Å². The van der Waals surface area contributed by atoms with Crippen LogP contribution in [0.5, 0.6) is 0 Å². The molecular formula is C14H21N3O4S. The predicted octanol–water partition coefficient (Wildman–Crippen LogP) is 0.0906. The molecule has 3 rings (SSSR count). The Balaban J connectivity index is 1.85. The van der Waals surface area contributed by atoms with Crippen LogP contribution >= 0.6 is 0 Å². The summed E-state index contributed by atoms with van der Waals surface area (Å²) in [6.45, 7) is 4.11. The van der Waals surface area contributed by atoms with Crippen LogP contribution in [-0.2, 0) is 9.84 Å². The highest BCUT2D eigenvalue weighted by Gasteiger charge is 2.53. The molecule has 0 spiro atoms. The predicted molar refractivity (Wildman–Crippen MR) is 80.4 cm³/mol. The van der Waals surface area contributed by atoms with Gasteiger partial charge in [-0.05, 0) is 21.0 Å². The van der Waals surface area contributed by atoms with Gasteiger partial charge in [-0.1, -0.05) is 0 Å². The van der Waals surface area contributed by atoms with Crippen LogP contribution in [0.25, 0.3) is 0 Å². The molecule has 0 N–H and O–H groups in total. The van der Waals surface area contributed by atoms with Crippen molar-refractivity contribution in [3.8, 4) is 0 Å². The summed E-state index contributed by atoms with van der Waals surface area (Å²) in [6, 6.07) is -0.0367. The Labute approximate surface area is 130 Å². The van der Waals surface area contributed by atoms with Gasteiger partial charge in [-0.3, -0.25) is 4.79 Å². The molecule has 1 amide bonds. The summed E-state index contributed by atoms with van der Waals surface area (Å²) in [7, 11) is 0.618. The quantitative estimate of drug-likeness (QED) is 0.765. The minimum absolute atomic E-state index is 0.0340. The van der Waals surface area contributed by atoms with E-state index in [1.54, 1.807) is 18.7 Å². The van der Waals surface area contributed by atoms with Crippen molar-refractivity contribution in [2.75, 3.05) is 32.9 Å². The highest BCUT2D eigenvalue weighted by Crippen LogP contribution is 2.36. The molecule has 1 aromatic heterocycles. The summed E-state index contributed by atoms with van der Waals surface area (Å²) >= 11 is 0. The molecule has 0 unspecified atom stereocenters. The highest BCUT2D eigenvalue weighted by atomic mass is 32.2. The van der Waals surface area contributed by atoms with Crippen LogP contribution in [0.1, 0.15) is 22.1 Å². The number of hydrogen-bond donors (Lipinski definition) is 0. The maximum absolute atomic E-state index is 12.6. The second-order valence-corrected chi connectivity index (χ2v) is 8.68. The van der Waals surface area contributed by atoms with Crippen LogP contribution in [0.3, 0.4) is 0 Å². The first-order valence-electron chi connectivity index (χ1n) is 7.32. The maximum Gasteiger partial charge on any atom is 0.291 e. The molecule has 2 aliphatic rings. The number of nitrogens with zero attached hydrogens (tertiary/aromatic N) is 3. The molecule has 0 saturated carbocycles. The van der Waals surface area contributed by atoms with Crippen LogP contribution in [-0.4, -0.2) is 73.3 Å². The third-order valence-corrected chi connectivity index (χ3v) is 6.94. The van der Waals surface area contributed by atoms with Crippen molar-refractivity contribution in [1.29, 1.82) is 0 Å². The third-order valence-electron chi connectivity index (χ3n) is 4.72. The van der Waals surface area contributed by atoms with E-state index in [4.69, 9.17) is 4.42 Å². The van der Waals surface area contributed by atoms with Crippen molar-refractivity contribution in [2.45, 2.75) is 25.1 Å². The lowest BCUT2D eigenvalue weighted by Gasteiger charge is -2.24. The Morgan fingerprint density at radius 3 is 2.55 bits per heavy atom. The first kappa shape index (κ1) is 15.5. The summed E-state index contributed by atoms with van der Waals surface area (Å²) in [5.41, 5.74) is 0.548. The lowest BCUT2D eigenvalue weighted by Crippen LogP contribution is -2.38. The second kappa shape index (κ2) is 5.06. The number of rotatable bonds is 2. The largest absolute Gasteiger partial charge is 0.436 e. The summed E-state index contributed by atoms with van der Waals surface area (Å²) in [5.74, 6) is 0.543. The number of sulfone groups is 1. The highest BCUT2D eigenvalue weighted by molar-refractivity contribution is 7.92. The van der Waals surface area contributed by atoms with Crippen LogP contribution in [0.2, 0.25) is 0 Å². The van der Waals surface area contributed by atoms with Gasteiger partial charge in [0.25, 0.3) is 5.91 Å². The lowest BCUT2D eigenvalue weighted by atomic mass is 10.00. The van der Waals surface area contributed by atoms with Crippen molar-refractivity contribution in [1.82, 2.24) is 14.8 Å². The van der Waals surface area contributed by atoms with E-state index in [0.29, 0.717) is 18.1 Å². The number of aromatic nitrogens is 1. The van der Waals surface area contributed by atoms with Gasteiger partial charge in [0.1, 0.15) is 0 Å². The van der Waals surface area contributed by atoms with Gasteiger partial charge in [0.15, 0.2) is 15.7 Å². The zero-order chi connectivity index (χ0) is 16.2. The molecule has 2 fully saturated rings. The Morgan fingerprint density at radius 1 is 1.32 bits per heavy atom. The summed E-state index contributed by atoms with van der Waals surface area (Å²) < 4.78 is 30.0. The fourth-order valence-electron chi connectivity index (χ4n) is 3.60. The van der Waals surface area contributed by atoms with Crippen molar-refractivity contribution < 1.29 is 17.6 Å². The van der Waals surface area contributed by atoms with Gasteiger partial charge in [-0.25, -0.2) is 13.4 Å². The summed E-state index contributed by atoms with van der Waals surface area (Å²) in [6.07, 6.45) is 0. The SMILES string of the molecule is Cc1nc(C)c(C(=O)N2C[C@H]3[C@@H](N(C)C)CS(=O)(=O)[C@H]3C2)o1. The third kappa shape index (κ3) is 2.34. The lowest BCUT2D eigenvalue weighted by molar-refractivity contribution is 0.0745. The van der Waals surface area contributed by atoms with Crippen LogP contribution in [0, 0.1) is 19.8 Å². The average molecular weight is 327 g/mol. The van der Waals surface area contributed by atoms with E-state index in [0.717, 1.165) is 0 Å². The van der Waals surface area contributed by atoms with Crippen molar-refractivity contribution in [2.24, 2.45) is 5.92 Å². The molecule has 8 heteroatoms. The Kier molecular flexibility index (Phi) is 3.56. The van der Waals surface area contributed by atoms with E-state index in [2.05, 4.69) is 4.98 Å². The maximum atomic E-state index is 12.6. The van der Waals surface area contributed by atoms with E-state index in [-0.39, 0.29) is 35.9 Å². The first-order valence-corrected chi connectivity index (χ1v) is 9.03. The number of carbonyl (C=O) groups excluding carboxylic acids is 1. The first-order chi connectivity index (χ1) is 10.2. The molecule has 2 aliphatic heterocycles. The number of amides is 1. The minimum Gasteiger partial charge on any atom is -0.436 e. The van der Waals surface area contributed by atoms with E-state index in [1.165, 1.54) is 0 Å². The standard InChI is InChI=1S/C14H21N3O4S/c1-8-13(21-9(2)15-8)14(18)17-5-10-11(16(3)4)7-22(19,20)12(10)6-17/h10-12H,5-7H2,1-4H3/t10-,11-,12-/m0/s1. The molecule has 3 atom stereocenters. The summed E-state index contributed by atoms with van der Waals surface area (Å²) in [5, 5.41) is -0.465. The topological polar surface area (TPSA) is 83.7 Å². The molecule has 1 aromatic rings. The zero-order valence-corrected chi connectivity index (χ0v) is 14.1. The van der Waals surface area contributed by atoms with E-state index >= 15 is 0 Å². The van der Waals surface area contributed by atoms with Crippen molar-refractivity contribution in [3.05, 3.63) is 17.3 Å². The van der Waals surface area contributed by atoms with Crippen molar-refractivity contribution >= 4 is 15.7 Å². The number of oxazole rings is 1. The monoisotopic (exact) mass is 327 g/mol. The van der Waals surface area contributed by atoms with Gasteiger partial charge in [0, 0.05) is 32.0 Å². The fraction of sp³-hybridized carbons (Fsp3) is 0.714. The van der Waals surface area contributed by atoms with Crippen LogP contribution in [0.4, 0.5) is 0 Å². The smallest absolute Gasteiger partial charge is 0.291 e. The average Bonchev–Trinajstić information content (AvgIpc) is 3.04.